The molecule has 12 heteroatoms. The highest BCUT2D eigenvalue weighted by molar-refractivity contribution is 5.91. The topological polar surface area (TPSA) is 81.7 Å². The molecule has 184 valence electrons. The first kappa shape index (κ1) is 25.3. The molecule has 0 aliphatic carbocycles. The van der Waals surface area contributed by atoms with E-state index in [9.17, 15) is 41.0 Å². The Hall–Kier alpha value is -2.34. The van der Waals surface area contributed by atoms with Gasteiger partial charge in [0.25, 0.3) is 0 Å². The molecule has 2 amide bonds. The first-order chi connectivity index (χ1) is 15.3. The number of nitrogens with zero attached hydrogens (tertiary/aromatic N) is 1. The van der Waals surface area contributed by atoms with Gasteiger partial charge in [-0.05, 0) is 50.4 Å². The van der Waals surface area contributed by atoms with Crippen LogP contribution in [0.15, 0.2) is 18.2 Å². The molecule has 33 heavy (non-hydrogen) atoms. The van der Waals surface area contributed by atoms with E-state index in [0.29, 0.717) is 12.1 Å². The minimum atomic E-state index is -5.04. The van der Waals surface area contributed by atoms with Gasteiger partial charge in [-0.3, -0.25) is 9.59 Å². The molecule has 0 spiro atoms. The molecule has 1 aromatic carbocycles. The Labute approximate surface area is 186 Å². The molecule has 2 aliphatic rings. The summed E-state index contributed by atoms with van der Waals surface area (Å²) in [6.45, 7) is 1.14. The van der Waals surface area contributed by atoms with Crippen molar-refractivity contribution in [1.29, 1.82) is 0 Å². The van der Waals surface area contributed by atoms with Crippen LogP contribution in [0.5, 0.6) is 0 Å². The molecule has 0 bridgehead atoms. The van der Waals surface area contributed by atoms with Crippen LogP contribution in [-0.4, -0.2) is 53.1 Å². The predicted molar refractivity (Wildman–Crippen MR) is 106 cm³/mol. The van der Waals surface area contributed by atoms with Gasteiger partial charge < -0.3 is 20.6 Å². The Bertz CT molecular complexity index is 841. The summed E-state index contributed by atoms with van der Waals surface area (Å²) < 4.78 is 77.9. The number of carbonyl (C=O) groups excluding carboxylic acids is 2. The monoisotopic (exact) mass is 481 g/mol. The number of rotatable bonds is 4. The van der Waals surface area contributed by atoms with Crippen molar-refractivity contribution in [2.24, 2.45) is 0 Å². The number of aliphatic hydroxyl groups is 1. The molecule has 1 unspecified atom stereocenters. The third kappa shape index (κ3) is 6.59. The van der Waals surface area contributed by atoms with E-state index in [0.717, 1.165) is 25.8 Å². The van der Waals surface area contributed by atoms with E-state index < -0.39 is 47.1 Å². The maximum absolute atomic E-state index is 13.0. The predicted octanol–water partition coefficient (Wildman–Crippen LogP) is 3.55. The lowest BCUT2D eigenvalue weighted by molar-refractivity contribution is -0.143. The fourth-order valence-corrected chi connectivity index (χ4v) is 4.13. The number of carbonyl (C=O) groups is 2. The standard InChI is InChI=1S/C21H25F6N3O3/c22-20(23,24)13-9-14(21(25,26)27)11-15(10-13)29-17(31)12-19(33)4-7-30(8-5-19)18(32)16-3-1-2-6-28-16/h9-11,16,28,33H,1-8,12H2,(H,29,31). The highest BCUT2D eigenvalue weighted by atomic mass is 19.4. The van der Waals surface area contributed by atoms with E-state index in [-0.39, 0.29) is 43.9 Å². The van der Waals surface area contributed by atoms with Crippen LogP contribution in [-0.2, 0) is 21.9 Å². The van der Waals surface area contributed by atoms with Gasteiger partial charge in [0.15, 0.2) is 0 Å². The number of piperidine rings is 2. The Balaban J connectivity index is 1.62. The maximum atomic E-state index is 13.0. The van der Waals surface area contributed by atoms with Crippen molar-refractivity contribution in [1.82, 2.24) is 10.2 Å². The summed E-state index contributed by atoms with van der Waals surface area (Å²) in [6.07, 6.45) is -7.81. The summed E-state index contributed by atoms with van der Waals surface area (Å²) in [5.41, 5.74) is -5.28. The first-order valence-electron chi connectivity index (χ1n) is 10.6. The van der Waals surface area contributed by atoms with Crippen molar-refractivity contribution in [2.75, 3.05) is 25.0 Å². The van der Waals surface area contributed by atoms with Gasteiger partial charge >= 0.3 is 12.4 Å². The lowest BCUT2D eigenvalue weighted by atomic mass is 9.87. The Kier molecular flexibility index (Phi) is 7.27. The van der Waals surface area contributed by atoms with Crippen LogP contribution >= 0.6 is 0 Å². The number of anilines is 1. The van der Waals surface area contributed by atoms with Crippen molar-refractivity contribution in [3.8, 4) is 0 Å². The smallest absolute Gasteiger partial charge is 0.389 e. The first-order valence-corrected chi connectivity index (χ1v) is 10.6. The van der Waals surface area contributed by atoms with Gasteiger partial charge in [0, 0.05) is 18.8 Å². The van der Waals surface area contributed by atoms with E-state index in [1.807, 2.05) is 5.32 Å². The van der Waals surface area contributed by atoms with Gasteiger partial charge in [0.1, 0.15) is 0 Å². The van der Waals surface area contributed by atoms with Crippen LogP contribution in [0.2, 0.25) is 0 Å². The fraction of sp³-hybridized carbons (Fsp3) is 0.619. The summed E-state index contributed by atoms with van der Waals surface area (Å²) in [6, 6.07) is 0.513. The summed E-state index contributed by atoms with van der Waals surface area (Å²) in [5.74, 6) is -0.997. The van der Waals surface area contributed by atoms with Gasteiger partial charge in [-0.2, -0.15) is 26.3 Å². The zero-order valence-electron chi connectivity index (χ0n) is 17.7. The van der Waals surface area contributed by atoms with Crippen molar-refractivity contribution >= 4 is 17.5 Å². The highest BCUT2D eigenvalue weighted by Crippen LogP contribution is 2.37. The van der Waals surface area contributed by atoms with Crippen LogP contribution in [0.25, 0.3) is 0 Å². The molecule has 0 saturated carbocycles. The number of hydrogen-bond acceptors (Lipinski definition) is 4. The van der Waals surface area contributed by atoms with Crippen LogP contribution in [0.4, 0.5) is 32.0 Å². The number of nitrogens with one attached hydrogen (secondary N) is 2. The zero-order chi connectivity index (χ0) is 24.4. The Morgan fingerprint density at radius 1 is 1.03 bits per heavy atom. The van der Waals surface area contributed by atoms with E-state index in [1.54, 1.807) is 4.90 Å². The molecule has 0 radical (unpaired) electrons. The van der Waals surface area contributed by atoms with Crippen molar-refractivity contribution < 1.29 is 41.0 Å². The third-order valence-electron chi connectivity index (χ3n) is 5.98. The summed E-state index contributed by atoms with van der Waals surface area (Å²) >= 11 is 0. The van der Waals surface area contributed by atoms with E-state index in [1.165, 1.54) is 0 Å². The molecule has 6 nitrogen and oxygen atoms in total. The molecule has 2 saturated heterocycles. The second-order valence-corrected chi connectivity index (χ2v) is 8.57. The van der Waals surface area contributed by atoms with Gasteiger partial charge in [0.05, 0.1) is 29.2 Å². The molecule has 2 fully saturated rings. The van der Waals surface area contributed by atoms with Crippen LogP contribution in [0.1, 0.15) is 49.7 Å². The zero-order valence-corrected chi connectivity index (χ0v) is 17.7. The van der Waals surface area contributed by atoms with Crippen molar-refractivity contribution in [3.63, 3.8) is 0 Å². The second kappa shape index (κ2) is 9.49. The summed E-state index contributed by atoms with van der Waals surface area (Å²) in [5, 5.41) is 15.9. The minimum Gasteiger partial charge on any atom is -0.389 e. The normalized spacial score (nSPS) is 21.5. The van der Waals surface area contributed by atoms with E-state index in [4.69, 9.17) is 0 Å². The SMILES string of the molecule is O=C(CC1(O)CCN(C(=O)C2CCCCN2)CC1)Nc1cc(C(F)(F)F)cc(C(F)(F)F)c1. The average Bonchev–Trinajstić information content (AvgIpc) is 2.72. The maximum Gasteiger partial charge on any atom is 0.416 e. The number of halogens is 6. The fourth-order valence-electron chi connectivity index (χ4n) is 4.13. The molecule has 1 atom stereocenters. The summed E-state index contributed by atoms with van der Waals surface area (Å²) in [7, 11) is 0. The molecule has 3 N–H and O–H groups in total. The average molecular weight is 481 g/mol. The summed E-state index contributed by atoms with van der Waals surface area (Å²) in [4.78, 5) is 26.5. The minimum absolute atomic E-state index is 0.0307. The van der Waals surface area contributed by atoms with Crippen LogP contribution < -0.4 is 10.6 Å². The van der Waals surface area contributed by atoms with E-state index >= 15 is 0 Å². The van der Waals surface area contributed by atoms with Gasteiger partial charge in [-0.1, -0.05) is 6.42 Å². The van der Waals surface area contributed by atoms with Gasteiger partial charge in [-0.15, -0.1) is 0 Å². The second-order valence-electron chi connectivity index (χ2n) is 8.57. The van der Waals surface area contributed by atoms with Gasteiger partial charge in [-0.25, -0.2) is 0 Å². The number of likely N-dealkylation sites (tertiary alicyclic amines) is 1. The lowest BCUT2D eigenvalue weighted by Crippen LogP contribution is -2.54. The molecule has 2 aliphatic heterocycles. The molecular formula is C21H25F6N3O3. The van der Waals surface area contributed by atoms with Gasteiger partial charge in [0.2, 0.25) is 11.8 Å². The largest absolute Gasteiger partial charge is 0.416 e. The van der Waals surface area contributed by atoms with Crippen molar-refractivity contribution in [2.45, 2.75) is 62.5 Å². The number of amides is 2. The lowest BCUT2D eigenvalue weighted by Gasteiger charge is -2.39. The molecule has 1 aromatic rings. The number of benzene rings is 1. The van der Waals surface area contributed by atoms with Crippen LogP contribution in [0, 0.1) is 0 Å². The Morgan fingerprint density at radius 2 is 1.61 bits per heavy atom. The molecule has 3 rings (SSSR count). The molecule has 0 aromatic heterocycles. The van der Waals surface area contributed by atoms with Crippen molar-refractivity contribution in [3.05, 3.63) is 29.3 Å². The van der Waals surface area contributed by atoms with Crippen LogP contribution in [0.3, 0.4) is 0 Å². The quantitative estimate of drug-likeness (QED) is 0.575. The third-order valence-corrected chi connectivity index (χ3v) is 5.98. The molecule has 2 heterocycles. The Morgan fingerprint density at radius 3 is 2.09 bits per heavy atom. The number of alkyl halides is 6. The highest BCUT2D eigenvalue weighted by Gasteiger charge is 2.39. The van der Waals surface area contributed by atoms with E-state index in [2.05, 4.69) is 5.32 Å². The molecular weight excluding hydrogens is 456 g/mol. The number of hydrogen-bond donors (Lipinski definition) is 3.